The van der Waals surface area contributed by atoms with Gasteiger partial charge in [-0.25, -0.2) is 23.9 Å². The van der Waals surface area contributed by atoms with Crippen LogP contribution in [0.1, 0.15) is 22.6 Å². The minimum atomic E-state index is -0.491. The number of aromatic amines is 1. The van der Waals surface area contributed by atoms with E-state index in [0.717, 1.165) is 27.1 Å². The van der Waals surface area contributed by atoms with Gasteiger partial charge in [0.25, 0.3) is 0 Å². The summed E-state index contributed by atoms with van der Waals surface area (Å²) in [6.07, 6.45) is 3.80. The van der Waals surface area contributed by atoms with Crippen LogP contribution >= 0.6 is 0 Å². The van der Waals surface area contributed by atoms with Crippen molar-refractivity contribution in [1.29, 1.82) is 0 Å². The van der Waals surface area contributed by atoms with Crippen LogP contribution in [0, 0.1) is 13.8 Å². The van der Waals surface area contributed by atoms with Crippen LogP contribution in [0.3, 0.4) is 0 Å². The average Bonchev–Trinajstić information content (AvgIpc) is 3.35. The predicted molar refractivity (Wildman–Crippen MR) is 102 cm³/mol. The number of H-pyrrole nitrogens is 1. The highest BCUT2D eigenvalue weighted by atomic mass is 16.5. The number of hydrogen-bond acceptors (Lipinski definition) is 5. The molecular formula is C19H20N6O3. The summed E-state index contributed by atoms with van der Waals surface area (Å²) in [5.74, 6) is 0.719. The van der Waals surface area contributed by atoms with Crippen LogP contribution in [0.2, 0.25) is 0 Å². The molecule has 0 radical (unpaired) electrons. The molecule has 4 rings (SSSR count). The van der Waals surface area contributed by atoms with Gasteiger partial charge in [0.15, 0.2) is 0 Å². The Balaban J connectivity index is 1.57. The highest BCUT2D eigenvalue weighted by Crippen LogP contribution is 2.14. The van der Waals surface area contributed by atoms with E-state index in [1.165, 1.54) is 10.9 Å². The second-order valence-corrected chi connectivity index (χ2v) is 6.62. The summed E-state index contributed by atoms with van der Waals surface area (Å²) in [4.78, 5) is 25.0. The maximum absolute atomic E-state index is 12.7. The summed E-state index contributed by atoms with van der Waals surface area (Å²) in [5, 5.41) is 10.8. The fourth-order valence-electron chi connectivity index (χ4n) is 3.13. The molecule has 0 unspecified atom stereocenters. The van der Waals surface area contributed by atoms with Crippen molar-refractivity contribution in [2.45, 2.75) is 33.4 Å². The van der Waals surface area contributed by atoms with Crippen molar-refractivity contribution < 1.29 is 4.52 Å². The van der Waals surface area contributed by atoms with Gasteiger partial charge in [-0.1, -0.05) is 35.5 Å². The molecule has 0 fully saturated rings. The van der Waals surface area contributed by atoms with Gasteiger partial charge >= 0.3 is 11.4 Å². The molecule has 144 valence electrons. The molecule has 1 N–H and O–H groups in total. The lowest BCUT2D eigenvalue weighted by Crippen LogP contribution is -2.27. The molecule has 0 saturated heterocycles. The summed E-state index contributed by atoms with van der Waals surface area (Å²) in [5.41, 5.74) is 2.31. The van der Waals surface area contributed by atoms with Crippen molar-refractivity contribution in [3.8, 4) is 5.69 Å². The third-order valence-electron chi connectivity index (χ3n) is 4.70. The molecule has 0 spiro atoms. The minimum Gasteiger partial charge on any atom is -0.361 e. The molecule has 0 bridgehead atoms. The number of rotatable bonds is 6. The molecule has 0 saturated carbocycles. The summed E-state index contributed by atoms with van der Waals surface area (Å²) in [7, 11) is 0. The second kappa shape index (κ2) is 7.18. The molecule has 4 aromatic rings. The zero-order valence-corrected chi connectivity index (χ0v) is 15.6. The summed E-state index contributed by atoms with van der Waals surface area (Å²) in [6.45, 7) is 4.53. The largest absolute Gasteiger partial charge is 0.361 e. The van der Waals surface area contributed by atoms with Crippen LogP contribution in [0.25, 0.3) is 5.69 Å². The first-order valence-corrected chi connectivity index (χ1v) is 8.93. The van der Waals surface area contributed by atoms with Gasteiger partial charge in [-0.3, -0.25) is 4.68 Å². The van der Waals surface area contributed by atoms with Crippen molar-refractivity contribution >= 4 is 0 Å². The Morgan fingerprint density at radius 1 is 1.14 bits per heavy atom. The van der Waals surface area contributed by atoms with Crippen molar-refractivity contribution in [2.24, 2.45) is 0 Å². The fourth-order valence-corrected chi connectivity index (χ4v) is 3.13. The summed E-state index contributed by atoms with van der Waals surface area (Å²) in [6, 6.07) is 9.80. The molecular weight excluding hydrogens is 360 g/mol. The summed E-state index contributed by atoms with van der Waals surface area (Å²) >= 11 is 0. The van der Waals surface area contributed by atoms with Gasteiger partial charge in [-0.2, -0.15) is 5.10 Å². The van der Waals surface area contributed by atoms with Crippen molar-refractivity contribution in [3.63, 3.8) is 0 Å². The standard InChI is InChI=1S/C19H20N6O3/c1-13-17(14(2)28-22-13)12-23-11-16(10-20-23)25-18(26)21-24(19(25)27)9-8-15-6-4-3-5-7-15/h3-7,10-11H,8-9,12H2,1-2H3,(H,21,26). The van der Waals surface area contributed by atoms with E-state index in [4.69, 9.17) is 4.52 Å². The highest BCUT2D eigenvalue weighted by molar-refractivity contribution is 5.26. The SMILES string of the molecule is Cc1noc(C)c1Cn1cc(-n2c(=O)[nH]n(CCc3ccccc3)c2=O)cn1. The molecule has 3 heterocycles. The Bertz CT molecular complexity index is 1190. The van der Waals surface area contributed by atoms with Crippen LogP contribution in [-0.2, 0) is 19.5 Å². The zero-order chi connectivity index (χ0) is 19.7. The van der Waals surface area contributed by atoms with E-state index in [-0.39, 0.29) is 0 Å². The monoisotopic (exact) mass is 380 g/mol. The van der Waals surface area contributed by atoms with E-state index >= 15 is 0 Å². The molecule has 1 aromatic carbocycles. The lowest BCUT2D eigenvalue weighted by atomic mass is 10.2. The summed E-state index contributed by atoms with van der Waals surface area (Å²) < 4.78 is 9.21. The molecule has 0 aliphatic rings. The molecule has 0 atom stereocenters. The Morgan fingerprint density at radius 2 is 1.93 bits per heavy atom. The maximum atomic E-state index is 12.7. The molecule has 9 heteroatoms. The predicted octanol–water partition coefficient (Wildman–Crippen LogP) is 1.42. The molecule has 28 heavy (non-hydrogen) atoms. The van der Waals surface area contributed by atoms with Gasteiger partial charge in [0.05, 0.1) is 24.1 Å². The van der Waals surface area contributed by atoms with Gasteiger partial charge in [0.1, 0.15) is 5.76 Å². The quantitative estimate of drug-likeness (QED) is 0.545. The van der Waals surface area contributed by atoms with E-state index in [0.29, 0.717) is 25.2 Å². The Labute approximate surface area is 159 Å². The number of nitrogens with zero attached hydrogens (tertiary/aromatic N) is 5. The first-order chi connectivity index (χ1) is 13.5. The molecule has 3 aromatic heterocycles. The van der Waals surface area contributed by atoms with Gasteiger partial charge in [0, 0.05) is 18.3 Å². The van der Waals surface area contributed by atoms with Crippen LogP contribution in [0.5, 0.6) is 0 Å². The second-order valence-electron chi connectivity index (χ2n) is 6.62. The topological polar surface area (TPSA) is 104 Å². The van der Waals surface area contributed by atoms with Gasteiger partial charge < -0.3 is 4.52 Å². The number of aryl methyl sites for hydroxylation is 4. The van der Waals surface area contributed by atoms with Crippen molar-refractivity contribution in [1.82, 2.24) is 29.3 Å². The Hall–Kier alpha value is -3.62. The lowest BCUT2D eigenvalue weighted by Gasteiger charge is -2.01. The normalized spacial score (nSPS) is 11.2. The Kier molecular flexibility index (Phi) is 4.56. The first-order valence-electron chi connectivity index (χ1n) is 8.93. The molecule has 0 aliphatic carbocycles. The first kappa shape index (κ1) is 17.8. The fraction of sp³-hybridized carbons (Fsp3) is 0.263. The average molecular weight is 380 g/mol. The third kappa shape index (κ3) is 3.34. The smallest absolute Gasteiger partial charge is 0.351 e. The number of aromatic nitrogens is 6. The minimum absolute atomic E-state index is 0.387. The van der Waals surface area contributed by atoms with Crippen LogP contribution < -0.4 is 11.4 Å². The highest BCUT2D eigenvalue weighted by Gasteiger charge is 2.15. The number of nitrogens with one attached hydrogen (secondary N) is 1. The van der Waals surface area contributed by atoms with Gasteiger partial charge in [-0.15, -0.1) is 0 Å². The van der Waals surface area contributed by atoms with Crippen molar-refractivity contribution in [2.75, 3.05) is 0 Å². The van der Waals surface area contributed by atoms with Gasteiger partial charge in [0.2, 0.25) is 0 Å². The van der Waals surface area contributed by atoms with Crippen LogP contribution in [0.15, 0.2) is 56.8 Å². The van der Waals surface area contributed by atoms with Gasteiger partial charge in [-0.05, 0) is 25.8 Å². The number of benzene rings is 1. The Morgan fingerprint density at radius 3 is 2.64 bits per heavy atom. The van der Waals surface area contributed by atoms with E-state index in [2.05, 4.69) is 15.4 Å². The van der Waals surface area contributed by atoms with E-state index in [9.17, 15) is 9.59 Å². The third-order valence-corrected chi connectivity index (χ3v) is 4.70. The lowest BCUT2D eigenvalue weighted by molar-refractivity contribution is 0.391. The maximum Gasteiger partial charge on any atom is 0.351 e. The van der Waals surface area contributed by atoms with E-state index in [1.54, 1.807) is 10.9 Å². The molecule has 9 nitrogen and oxygen atoms in total. The van der Waals surface area contributed by atoms with Crippen LogP contribution in [0.4, 0.5) is 0 Å². The van der Waals surface area contributed by atoms with E-state index in [1.807, 2.05) is 44.2 Å². The molecule has 0 aliphatic heterocycles. The molecule has 0 amide bonds. The van der Waals surface area contributed by atoms with Crippen LogP contribution in [-0.4, -0.2) is 29.3 Å². The van der Waals surface area contributed by atoms with E-state index < -0.39 is 11.4 Å². The van der Waals surface area contributed by atoms with Crippen molar-refractivity contribution in [3.05, 3.63) is 86.3 Å². The zero-order valence-electron chi connectivity index (χ0n) is 15.6. The number of hydrogen-bond donors (Lipinski definition) is 1.